The Kier molecular flexibility index (Phi) is 24.1. The number of aliphatic hydroxyl groups excluding tert-OH is 1. The van der Waals surface area contributed by atoms with Crippen molar-refractivity contribution >= 4 is 11.9 Å². The fourth-order valence-corrected chi connectivity index (χ4v) is 4.70. The predicted molar refractivity (Wildman–Crippen MR) is 158 cm³/mol. The van der Waals surface area contributed by atoms with Crippen molar-refractivity contribution in [1.29, 1.82) is 0 Å². The highest BCUT2D eigenvalue weighted by Gasteiger charge is 2.16. The third-order valence-corrected chi connectivity index (χ3v) is 6.85. The van der Waals surface area contributed by atoms with Crippen molar-refractivity contribution in [3.63, 3.8) is 0 Å². The second kappa shape index (κ2) is 24.9. The summed E-state index contributed by atoms with van der Waals surface area (Å²) in [6.07, 6.45) is 19.9. The number of rotatable bonds is 26. The molecule has 0 spiro atoms. The van der Waals surface area contributed by atoms with Crippen LogP contribution in [0.3, 0.4) is 0 Å². The quantitative estimate of drug-likeness (QED) is 0.0883. The first-order valence-electron chi connectivity index (χ1n) is 16.0. The van der Waals surface area contributed by atoms with Crippen LogP contribution in [0.5, 0.6) is 0 Å². The zero-order valence-corrected chi connectivity index (χ0v) is 25.9. The van der Waals surface area contributed by atoms with Crippen LogP contribution in [0.2, 0.25) is 0 Å². The Bertz CT molecular complexity index is 561. The van der Waals surface area contributed by atoms with E-state index < -0.39 is 5.60 Å². The van der Waals surface area contributed by atoms with E-state index in [4.69, 9.17) is 9.47 Å². The van der Waals surface area contributed by atoms with Gasteiger partial charge in [0.2, 0.25) is 0 Å². The Hall–Kier alpha value is -1.14. The Balaban J connectivity index is 3.85. The molecule has 0 saturated heterocycles. The zero-order chi connectivity index (χ0) is 28.5. The van der Waals surface area contributed by atoms with Crippen LogP contribution in [0.4, 0.5) is 0 Å². The maximum atomic E-state index is 12.3. The smallest absolute Gasteiger partial charge is 0.306 e. The van der Waals surface area contributed by atoms with Gasteiger partial charge in [-0.2, -0.15) is 0 Å². The molecular weight excluding hydrogens is 478 g/mol. The summed E-state index contributed by atoms with van der Waals surface area (Å²) in [5.41, 5.74) is -0.397. The van der Waals surface area contributed by atoms with Crippen LogP contribution < -0.4 is 0 Å². The van der Waals surface area contributed by atoms with E-state index in [-0.39, 0.29) is 24.6 Å². The van der Waals surface area contributed by atoms with Crippen molar-refractivity contribution in [3.05, 3.63) is 0 Å². The first-order valence-corrected chi connectivity index (χ1v) is 16.0. The lowest BCUT2D eigenvalue weighted by atomic mass is 10.1. The third-order valence-electron chi connectivity index (χ3n) is 6.85. The summed E-state index contributed by atoms with van der Waals surface area (Å²) in [4.78, 5) is 26.4. The number of aliphatic hydroxyl groups is 1. The number of esters is 2. The van der Waals surface area contributed by atoms with Crippen LogP contribution in [0.15, 0.2) is 0 Å². The Morgan fingerprint density at radius 2 is 1.16 bits per heavy atom. The number of carbonyl (C=O) groups is 2. The van der Waals surface area contributed by atoms with Gasteiger partial charge in [-0.25, -0.2) is 0 Å². The van der Waals surface area contributed by atoms with Gasteiger partial charge in [-0.3, -0.25) is 9.59 Å². The number of unbranched alkanes of at least 4 members (excludes halogenated alkanes) is 11. The fourth-order valence-electron chi connectivity index (χ4n) is 4.70. The Labute approximate surface area is 235 Å². The monoisotopic (exact) mass is 541 g/mol. The van der Waals surface area contributed by atoms with Gasteiger partial charge in [0.05, 0.1) is 6.61 Å². The summed E-state index contributed by atoms with van der Waals surface area (Å²) in [7, 11) is 0. The molecule has 226 valence electrons. The summed E-state index contributed by atoms with van der Waals surface area (Å²) in [5.74, 6) is -0.109. The third kappa shape index (κ3) is 25.2. The maximum absolute atomic E-state index is 12.3. The number of carbonyl (C=O) groups excluding carboxylic acids is 2. The van der Waals surface area contributed by atoms with E-state index >= 15 is 0 Å². The molecule has 0 heterocycles. The van der Waals surface area contributed by atoms with Gasteiger partial charge >= 0.3 is 11.9 Å². The molecule has 0 fully saturated rings. The Morgan fingerprint density at radius 1 is 0.658 bits per heavy atom. The van der Waals surface area contributed by atoms with Crippen LogP contribution in [0.25, 0.3) is 0 Å². The van der Waals surface area contributed by atoms with Crippen molar-refractivity contribution in [3.8, 4) is 0 Å². The molecule has 1 N–H and O–H groups in total. The van der Waals surface area contributed by atoms with Gasteiger partial charge < -0.3 is 19.5 Å². The minimum atomic E-state index is -0.397. The number of nitrogens with zero attached hydrogens (tertiary/aromatic N) is 1. The minimum absolute atomic E-state index is 0.0124. The van der Waals surface area contributed by atoms with Crippen molar-refractivity contribution in [2.75, 3.05) is 26.2 Å². The van der Waals surface area contributed by atoms with Crippen LogP contribution in [0.1, 0.15) is 157 Å². The molecule has 38 heavy (non-hydrogen) atoms. The summed E-state index contributed by atoms with van der Waals surface area (Å²) < 4.78 is 11.1. The lowest BCUT2D eigenvalue weighted by Gasteiger charge is -2.21. The van der Waals surface area contributed by atoms with Gasteiger partial charge in [0.1, 0.15) is 11.7 Å². The minimum Gasteiger partial charge on any atom is -0.462 e. The molecule has 1 atom stereocenters. The summed E-state index contributed by atoms with van der Waals surface area (Å²) in [6, 6.07) is 0. The topological polar surface area (TPSA) is 76.1 Å². The summed E-state index contributed by atoms with van der Waals surface area (Å²) >= 11 is 0. The molecule has 0 aliphatic rings. The highest BCUT2D eigenvalue weighted by atomic mass is 16.6. The number of ether oxygens (including phenoxy) is 2. The summed E-state index contributed by atoms with van der Waals surface area (Å²) in [5, 5.41) is 9.41. The fraction of sp³-hybridized carbons (Fsp3) is 0.938. The molecule has 0 saturated carbocycles. The first-order chi connectivity index (χ1) is 18.2. The molecule has 0 radical (unpaired) electrons. The van der Waals surface area contributed by atoms with Crippen LogP contribution >= 0.6 is 0 Å². The number of hydrogen-bond acceptors (Lipinski definition) is 6. The van der Waals surface area contributed by atoms with E-state index in [2.05, 4.69) is 18.7 Å². The van der Waals surface area contributed by atoms with Crippen LogP contribution in [-0.2, 0) is 19.1 Å². The Morgan fingerprint density at radius 3 is 1.68 bits per heavy atom. The van der Waals surface area contributed by atoms with E-state index in [9.17, 15) is 14.7 Å². The molecule has 6 nitrogen and oxygen atoms in total. The molecule has 6 heteroatoms. The van der Waals surface area contributed by atoms with Crippen molar-refractivity contribution < 1.29 is 24.2 Å². The van der Waals surface area contributed by atoms with Gasteiger partial charge in [-0.15, -0.1) is 0 Å². The molecule has 0 aromatic rings. The van der Waals surface area contributed by atoms with Crippen molar-refractivity contribution in [1.82, 2.24) is 4.90 Å². The van der Waals surface area contributed by atoms with Crippen molar-refractivity contribution in [2.24, 2.45) is 0 Å². The van der Waals surface area contributed by atoms with Gasteiger partial charge in [0, 0.05) is 19.4 Å². The molecule has 0 aromatic heterocycles. The normalized spacial score (nSPS) is 12.6. The lowest BCUT2D eigenvalue weighted by Crippen LogP contribution is -2.29. The molecule has 0 rings (SSSR count). The van der Waals surface area contributed by atoms with Gasteiger partial charge in [-0.1, -0.05) is 78.1 Å². The van der Waals surface area contributed by atoms with Gasteiger partial charge in [-0.05, 0) is 78.8 Å². The highest BCUT2D eigenvalue weighted by Crippen LogP contribution is 2.16. The van der Waals surface area contributed by atoms with Gasteiger partial charge in [0.15, 0.2) is 0 Å². The average Bonchev–Trinajstić information content (AvgIpc) is 2.84. The molecule has 1 unspecified atom stereocenters. The second-order valence-electron chi connectivity index (χ2n) is 11.9. The standard InChI is InChI=1S/C32H63NO5/c1-6-8-16-22-29(21-9-7-2)37-30(35)23-17-12-10-14-19-25-33(27-28-34)26-20-15-11-13-18-24-31(36)38-32(3,4)5/h29,34H,6-28H2,1-5H3. The summed E-state index contributed by atoms with van der Waals surface area (Å²) in [6.45, 7) is 13.1. The molecule has 0 aliphatic heterocycles. The van der Waals surface area contributed by atoms with Gasteiger partial charge in [0.25, 0.3) is 0 Å². The van der Waals surface area contributed by atoms with E-state index in [0.717, 1.165) is 116 Å². The highest BCUT2D eigenvalue weighted by molar-refractivity contribution is 5.70. The van der Waals surface area contributed by atoms with Crippen LogP contribution in [0, 0.1) is 0 Å². The average molecular weight is 542 g/mol. The van der Waals surface area contributed by atoms with E-state index in [1.54, 1.807) is 0 Å². The molecule has 0 aromatic carbocycles. The van der Waals surface area contributed by atoms with Crippen molar-refractivity contribution in [2.45, 2.75) is 168 Å². The predicted octanol–water partition coefficient (Wildman–Crippen LogP) is 7.99. The van der Waals surface area contributed by atoms with E-state index in [1.807, 2.05) is 20.8 Å². The second-order valence-corrected chi connectivity index (χ2v) is 11.9. The zero-order valence-electron chi connectivity index (χ0n) is 25.9. The van der Waals surface area contributed by atoms with Crippen LogP contribution in [-0.4, -0.2) is 59.9 Å². The molecule has 0 bridgehead atoms. The SMILES string of the molecule is CCCCCC(CCCC)OC(=O)CCCCCCCN(CCO)CCCCCCCC(=O)OC(C)(C)C. The number of hydrogen-bond donors (Lipinski definition) is 1. The maximum Gasteiger partial charge on any atom is 0.306 e. The van der Waals surface area contributed by atoms with E-state index in [1.165, 1.54) is 12.8 Å². The molecular formula is C32H63NO5. The van der Waals surface area contributed by atoms with E-state index in [0.29, 0.717) is 12.8 Å². The largest absolute Gasteiger partial charge is 0.462 e. The molecule has 0 amide bonds. The molecule has 0 aliphatic carbocycles. The first kappa shape index (κ1) is 36.9. The lowest BCUT2D eigenvalue weighted by molar-refractivity contribution is -0.155.